The largest absolute Gasteiger partial charge is 0.375 e. The Bertz CT molecular complexity index is 665. The summed E-state index contributed by atoms with van der Waals surface area (Å²) in [7, 11) is 0. The lowest BCUT2D eigenvalue weighted by molar-refractivity contribution is 0.0787. The number of thiophene rings is 1. The van der Waals surface area contributed by atoms with Crippen molar-refractivity contribution < 1.29 is 9.53 Å². The summed E-state index contributed by atoms with van der Waals surface area (Å²) in [6.07, 6.45) is 5.46. The second-order valence-electron chi connectivity index (χ2n) is 6.35. The van der Waals surface area contributed by atoms with Gasteiger partial charge in [-0.3, -0.25) is 4.79 Å². The maximum absolute atomic E-state index is 12.4. The van der Waals surface area contributed by atoms with Crippen LogP contribution in [0.5, 0.6) is 0 Å². The van der Waals surface area contributed by atoms with Gasteiger partial charge in [0.05, 0.1) is 24.4 Å². The molecular weight excluding hydrogens is 312 g/mol. The number of rotatable bonds is 6. The van der Waals surface area contributed by atoms with Crippen molar-refractivity contribution in [3.63, 3.8) is 0 Å². The topological polar surface area (TPSA) is 60.2 Å². The number of nitrogens with zero attached hydrogens (tertiary/aromatic N) is 4. The van der Waals surface area contributed by atoms with Gasteiger partial charge in [0.2, 0.25) is 0 Å². The Morgan fingerprint density at radius 3 is 3.09 bits per heavy atom. The van der Waals surface area contributed by atoms with Crippen molar-refractivity contribution >= 4 is 17.2 Å². The van der Waals surface area contributed by atoms with E-state index >= 15 is 0 Å². The minimum absolute atomic E-state index is 0.113. The summed E-state index contributed by atoms with van der Waals surface area (Å²) in [5.41, 5.74) is 1.65. The van der Waals surface area contributed by atoms with Gasteiger partial charge in [-0.1, -0.05) is 5.21 Å². The Morgan fingerprint density at radius 1 is 1.39 bits per heavy atom. The maximum Gasteiger partial charge on any atom is 0.254 e. The lowest BCUT2D eigenvalue weighted by Gasteiger charge is -2.15. The van der Waals surface area contributed by atoms with Crippen LogP contribution in [0.25, 0.3) is 0 Å². The molecule has 1 saturated heterocycles. The quantitative estimate of drug-likeness (QED) is 0.815. The molecule has 2 aromatic heterocycles. The molecule has 7 heteroatoms. The third-order valence-electron chi connectivity index (χ3n) is 4.45. The molecule has 0 bridgehead atoms. The van der Waals surface area contributed by atoms with E-state index < -0.39 is 0 Å². The van der Waals surface area contributed by atoms with E-state index in [0.29, 0.717) is 13.2 Å². The van der Waals surface area contributed by atoms with E-state index in [4.69, 9.17) is 4.74 Å². The highest BCUT2D eigenvalue weighted by Crippen LogP contribution is 2.29. The Hall–Kier alpha value is -1.73. The van der Waals surface area contributed by atoms with E-state index in [1.807, 2.05) is 32.6 Å². The standard InChI is InChI=1S/C16H20N4O2S/c21-16(13-4-6-23-11-13)19-5-3-15(8-19)20-7-14(17-18-20)10-22-9-12-1-2-12/h4,6-7,11-12,15H,1-3,5,8-10H2. The maximum atomic E-state index is 12.4. The molecular formula is C16H20N4O2S. The van der Waals surface area contributed by atoms with Crippen molar-refractivity contribution in [2.75, 3.05) is 19.7 Å². The van der Waals surface area contributed by atoms with Gasteiger partial charge in [0, 0.05) is 25.1 Å². The Balaban J connectivity index is 1.32. The van der Waals surface area contributed by atoms with Crippen molar-refractivity contribution in [2.45, 2.75) is 31.9 Å². The van der Waals surface area contributed by atoms with Crippen LogP contribution in [0.3, 0.4) is 0 Å². The first-order valence-electron chi connectivity index (χ1n) is 8.09. The number of likely N-dealkylation sites (tertiary alicyclic amines) is 1. The highest BCUT2D eigenvalue weighted by molar-refractivity contribution is 7.08. The number of hydrogen-bond acceptors (Lipinski definition) is 5. The fourth-order valence-corrected chi connectivity index (χ4v) is 3.51. The number of aromatic nitrogens is 3. The van der Waals surface area contributed by atoms with E-state index in [2.05, 4.69) is 10.3 Å². The molecule has 0 N–H and O–H groups in total. The molecule has 0 spiro atoms. The van der Waals surface area contributed by atoms with Crippen LogP contribution in [0, 0.1) is 5.92 Å². The minimum Gasteiger partial charge on any atom is -0.375 e. The molecule has 1 aliphatic heterocycles. The van der Waals surface area contributed by atoms with E-state index in [1.165, 1.54) is 12.8 Å². The number of hydrogen-bond donors (Lipinski definition) is 0. The fourth-order valence-electron chi connectivity index (χ4n) is 2.88. The van der Waals surface area contributed by atoms with Gasteiger partial charge >= 0.3 is 0 Å². The number of amides is 1. The van der Waals surface area contributed by atoms with Crippen molar-refractivity contribution in [2.24, 2.45) is 5.92 Å². The zero-order valence-corrected chi connectivity index (χ0v) is 13.7. The summed E-state index contributed by atoms with van der Waals surface area (Å²) in [6, 6.07) is 2.09. The van der Waals surface area contributed by atoms with Gasteiger partial charge in [-0.2, -0.15) is 11.3 Å². The molecule has 2 aliphatic rings. The van der Waals surface area contributed by atoms with E-state index in [9.17, 15) is 4.79 Å². The smallest absolute Gasteiger partial charge is 0.254 e. The van der Waals surface area contributed by atoms with Crippen LogP contribution >= 0.6 is 11.3 Å². The van der Waals surface area contributed by atoms with Crippen molar-refractivity contribution in [1.82, 2.24) is 19.9 Å². The van der Waals surface area contributed by atoms with Crippen LogP contribution in [0.1, 0.15) is 41.4 Å². The molecule has 3 heterocycles. The molecule has 4 rings (SSSR count). The average molecular weight is 332 g/mol. The highest BCUT2D eigenvalue weighted by Gasteiger charge is 2.29. The lowest BCUT2D eigenvalue weighted by Crippen LogP contribution is -2.28. The van der Waals surface area contributed by atoms with E-state index in [-0.39, 0.29) is 11.9 Å². The Morgan fingerprint density at radius 2 is 2.30 bits per heavy atom. The monoisotopic (exact) mass is 332 g/mol. The van der Waals surface area contributed by atoms with Crippen LogP contribution in [0.4, 0.5) is 0 Å². The summed E-state index contributed by atoms with van der Waals surface area (Å²) in [4.78, 5) is 14.3. The third kappa shape index (κ3) is 3.45. The normalized spacial score (nSPS) is 21.0. The molecule has 1 aliphatic carbocycles. The van der Waals surface area contributed by atoms with Crippen LogP contribution in [-0.4, -0.2) is 45.5 Å². The number of carbonyl (C=O) groups is 1. The van der Waals surface area contributed by atoms with E-state index in [0.717, 1.165) is 36.7 Å². The summed E-state index contributed by atoms with van der Waals surface area (Å²) in [5.74, 6) is 0.874. The average Bonchev–Trinajstić information content (AvgIpc) is 3.05. The van der Waals surface area contributed by atoms with Gasteiger partial charge in [-0.15, -0.1) is 5.10 Å². The molecule has 0 radical (unpaired) electrons. The van der Waals surface area contributed by atoms with Crippen LogP contribution in [0.15, 0.2) is 23.0 Å². The molecule has 2 fully saturated rings. The molecule has 6 nitrogen and oxygen atoms in total. The molecule has 1 amide bonds. The van der Waals surface area contributed by atoms with Crippen molar-refractivity contribution in [3.8, 4) is 0 Å². The summed E-state index contributed by atoms with van der Waals surface area (Å²) in [5, 5.41) is 12.2. The Labute approximate surface area is 139 Å². The Kier molecular flexibility index (Phi) is 4.13. The minimum atomic E-state index is 0.113. The van der Waals surface area contributed by atoms with Crippen LogP contribution < -0.4 is 0 Å². The van der Waals surface area contributed by atoms with Crippen LogP contribution in [-0.2, 0) is 11.3 Å². The van der Waals surface area contributed by atoms with Gasteiger partial charge in [0.1, 0.15) is 5.69 Å². The zero-order valence-electron chi connectivity index (χ0n) is 12.9. The summed E-state index contributed by atoms with van der Waals surface area (Å²) >= 11 is 1.55. The summed E-state index contributed by atoms with van der Waals surface area (Å²) in [6.45, 7) is 2.83. The first-order valence-corrected chi connectivity index (χ1v) is 9.04. The molecule has 1 unspecified atom stereocenters. The van der Waals surface area contributed by atoms with Gasteiger partial charge in [-0.25, -0.2) is 4.68 Å². The van der Waals surface area contributed by atoms with Gasteiger partial charge < -0.3 is 9.64 Å². The van der Waals surface area contributed by atoms with Crippen molar-refractivity contribution in [3.05, 3.63) is 34.3 Å². The SMILES string of the molecule is O=C(c1ccsc1)N1CCC(n2cc(COCC3CC3)nn2)C1. The highest BCUT2D eigenvalue weighted by atomic mass is 32.1. The van der Waals surface area contributed by atoms with Crippen molar-refractivity contribution in [1.29, 1.82) is 0 Å². The molecule has 0 aromatic carbocycles. The fraction of sp³-hybridized carbons (Fsp3) is 0.562. The van der Waals surface area contributed by atoms with Crippen LogP contribution in [0.2, 0.25) is 0 Å². The van der Waals surface area contributed by atoms with Gasteiger partial charge in [-0.05, 0) is 36.6 Å². The third-order valence-corrected chi connectivity index (χ3v) is 5.13. The van der Waals surface area contributed by atoms with E-state index in [1.54, 1.807) is 11.3 Å². The first-order chi connectivity index (χ1) is 11.3. The molecule has 1 saturated carbocycles. The van der Waals surface area contributed by atoms with Gasteiger partial charge in [0.25, 0.3) is 5.91 Å². The predicted octanol–water partition coefficient (Wildman–Crippen LogP) is 2.35. The number of carbonyl (C=O) groups excluding carboxylic acids is 1. The second kappa shape index (κ2) is 6.41. The molecule has 23 heavy (non-hydrogen) atoms. The number of ether oxygens (including phenoxy) is 1. The molecule has 1 atom stereocenters. The second-order valence-corrected chi connectivity index (χ2v) is 7.13. The summed E-state index contributed by atoms with van der Waals surface area (Å²) < 4.78 is 7.53. The lowest BCUT2D eigenvalue weighted by atomic mass is 10.3. The van der Waals surface area contributed by atoms with Gasteiger partial charge in [0.15, 0.2) is 0 Å². The zero-order chi connectivity index (χ0) is 15.6. The molecule has 2 aromatic rings. The molecule has 122 valence electrons. The predicted molar refractivity (Wildman–Crippen MR) is 86.3 cm³/mol. The first kappa shape index (κ1) is 14.8.